The van der Waals surface area contributed by atoms with E-state index in [0.29, 0.717) is 55.6 Å². The highest BCUT2D eigenvalue weighted by atomic mass is 16.5. The summed E-state index contributed by atoms with van der Waals surface area (Å²) in [7, 11) is 1.50. The first-order chi connectivity index (χ1) is 20.0. The predicted molar refractivity (Wildman–Crippen MR) is 145 cm³/mol. The SMILES string of the molecule is CCCC(=O)N(c1cnc(-c2cnc(OC)nc2)cn1)[C@H]1CC[C@H](Oc2ncc(C#N)c(-c3n[nH]cc3O)n2)CC1. The second kappa shape index (κ2) is 12.3. The van der Waals surface area contributed by atoms with Gasteiger partial charge < -0.3 is 14.6 Å². The van der Waals surface area contributed by atoms with E-state index in [1.165, 1.54) is 19.5 Å². The van der Waals surface area contributed by atoms with Gasteiger partial charge in [0.05, 0.1) is 43.2 Å². The van der Waals surface area contributed by atoms with Crippen LogP contribution in [0.2, 0.25) is 0 Å². The van der Waals surface area contributed by atoms with Gasteiger partial charge in [-0.15, -0.1) is 0 Å². The Morgan fingerprint density at radius 2 is 1.80 bits per heavy atom. The zero-order chi connectivity index (χ0) is 28.8. The molecule has 0 aliphatic heterocycles. The summed E-state index contributed by atoms with van der Waals surface area (Å²) in [6.45, 7) is 1.97. The Morgan fingerprint density at radius 1 is 1.05 bits per heavy atom. The van der Waals surface area contributed by atoms with Gasteiger partial charge in [-0.1, -0.05) is 6.92 Å². The van der Waals surface area contributed by atoms with Crippen molar-refractivity contribution in [2.24, 2.45) is 0 Å². The quantitative estimate of drug-likeness (QED) is 0.307. The van der Waals surface area contributed by atoms with Gasteiger partial charge in [0, 0.05) is 30.4 Å². The van der Waals surface area contributed by atoms with Crippen molar-refractivity contribution < 1.29 is 19.4 Å². The highest BCUT2D eigenvalue weighted by molar-refractivity contribution is 5.93. The number of methoxy groups -OCH3 is 1. The number of ether oxygens (including phenoxy) is 2. The van der Waals surface area contributed by atoms with Crippen LogP contribution in [0.5, 0.6) is 17.8 Å². The van der Waals surface area contributed by atoms with E-state index in [9.17, 15) is 15.2 Å². The minimum absolute atomic E-state index is 0.00873. The fourth-order valence-corrected chi connectivity index (χ4v) is 4.71. The zero-order valence-electron chi connectivity index (χ0n) is 22.6. The van der Waals surface area contributed by atoms with Gasteiger partial charge in [0.25, 0.3) is 0 Å². The van der Waals surface area contributed by atoms with E-state index in [1.54, 1.807) is 29.7 Å². The van der Waals surface area contributed by atoms with Crippen LogP contribution in [0.15, 0.2) is 37.2 Å². The number of amides is 1. The number of H-pyrrole nitrogens is 1. The number of carbonyl (C=O) groups excluding carboxylic acids is 1. The number of hydrogen-bond donors (Lipinski definition) is 2. The van der Waals surface area contributed by atoms with Crippen LogP contribution in [0, 0.1) is 11.3 Å². The molecule has 0 aromatic carbocycles. The van der Waals surface area contributed by atoms with Crippen molar-refractivity contribution in [3.05, 3.63) is 42.7 Å². The van der Waals surface area contributed by atoms with Gasteiger partial charge in [-0.2, -0.15) is 15.3 Å². The summed E-state index contributed by atoms with van der Waals surface area (Å²) >= 11 is 0. The number of carbonyl (C=O) groups is 1. The molecule has 0 unspecified atom stereocenters. The topological polar surface area (TPSA) is 189 Å². The molecule has 14 nitrogen and oxygen atoms in total. The van der Waals surface area contributed by atoms with Crippen LogP contribution in [-0.4, -0.2) is 70.4 Å². The fourth-order valence-electron chi connectivity index (χ4n) is 4.71. The Balaban J connectivity index is 1.28. The molecule has 210 valence electrons. The molecule has 1 amide bonds. The number of nitrogens with zero attached hydrogens (tertiary/aromatic N) is 9. The van der Waals surface area contributed by atoms with Crippen molar-refractivity contribution >= 4 is 11.7 Å². The second-order valence-corrected chi connectivity index (χ2v) is 9.43. The first kappa shape index (κ1) is 27.4. The molecule has 0 saturated heterocycles. The molecular weight excluding hydrogens is 528 g/mol. The summed E-state index contributed by atoms with van der Waals surface area (Å²) in [4.78, 5) is 40.8. The molecule has 1 fully saturated rings. The monoisotopic (exact) mass is 556 g/mol. The number of rotatable bonds is 9. The molecule has 0 radical (unpaired) electrons. The molecule has 2 N–H and O–H groups in total. The largest absolute Gasteiger partial charge is 0.504 e. The molecule has 41 heavy (non-hydrogen) atoms. The number of aromatic amines is 1. The van der Waals surface area contributed by atoms with E-state index >= 15 is 0 Å². The third kappa shape index (κ3) is 6.03. The van der Waals surface area contributed by atoms with Crippen LogP contribution in [-0.2, 0) is 4.79 Å². The van der Waals surface area contributed by atoms with Crippen LogP contribution in [0.4, 0.5) is 5.82 Å². The molecule has 0 spiro atoms. The lowest BCUT2D eigenvalue weighted by atomic mass is 9.91. The fraction of sp³-hybridized carbons (Fsp3) is 0.370. The summed E-state index contributed by atoms with van der Waals surface area (Å²) in [5, 5.41) is 26.0. The Hall–Kier alpha value is -5.19. The highest BCUT2D eigenvalue weighted by Crippen LogP contribution is 2.31. The number of nitrogens with one attached hydrogen (secondary N) is 1. The number of aromatic nitrogens is 8. The van der Waals surface area contributed by atoms with E-state index < -0.39 is 0 Å². The van der Waals surface area contributed by atoms with Gasteiger partial charge in [-0.25, -0.2) is 19.9 Å². The van der Waals surface area contributed by atoms with Crippen LogP contribution < -0.4 is 14.4 Å². The molecule has 14 heteroatoms. The van der Waals surface area contributed by atoms with Crippen molar-refractivity contribution in [1.82, 2.24) is 40.1 Å². The van der Waals surface area contributed by atoms with Gasteiger partial charge >= 0.3 is 12.0 Å². The molecule has 5 rings (SSSR count). The number of nitriles is 1. The van der Waals surface area contributed by atoms with Gasteiger partial charge in [-0.05, 0) is 32.1 Å². The minimum Gasteiger partial charge on any atom is -0.504 e. The van der Waals surface area contributed by atoms with Crippen molar-refractivity contribution in [3.63, 3.8) is 0 Å². The van der Waals surface area contributed by atoms with E-state index in [-0.39, 0.29) is 52.8 Å². The molecule has 4 heterocycles. The van der Waals surface area contributed by atoms with E-state index in [1.807, 2.05) is 13.0 Å². The molecule has 1 aliphatic carbocycles. The maximum absolute atomic E-state index is 13.2. The van der Waals surface area contributed by atoms with Crippen molar-refractivity contribution in [3.8, 4) is 46.5 Å². The molecule has 1 aliphatic rings. The van der Waals surface area contributed by atoms with Crippen LogP contribution >= 0.6 is 0 Å². The first-order valence-corrected chi connectivity index (χ1v) is 13.2. The maximum Gasteiger partial charge on any atom is 0.317 e. The predicted octanol–water partition coefficient (Wildman–Crippen LogP) is 3.22. The summed E-state index contributed by atoms with van der Waals surface area (Å²) < 4.78 is 11.1. The van der Waals surface area contributed by atoms with Crippen molar-refractivity contribution in [2.45, 2.75) is 57.6 Å². The van der Waals surface area contributed by atoms with Crippen LogP contribution in [0.1, 0.15) is 51.0 Å². The normalized spacial score (nSPS) is 16.5. The Bertz CT molecular complexity index is 1530. The summed E-state index contributed by atoms with van der Waals surface area (Å²) in [5.74, 6) is 0.354. The second-order valence-electron chi connectivity index (χ2n) is 9.43. The minimum atomic E-state index is -0.188. The molecule has 4 aromatic rings. The molecule has 0 atom stereocenters. The average molecular weight is 557 g/mol. The van der Waals surface area contributed by atoms with Gasteiger partial charge in [0.2, 0.25) is 5.91 Å². The highest BCUT2D eigenvalue weighted by Gasteiger charge is 2.32. The van der Waals surface area contributed by atoms with Crippen LogP contribution in [0.25, 0.3) is 22.6 Å². The van der Waals surface area contributed by atoms with Gasteiger partial charge in [-0.3, -0.25) is 19.8 Å². The van der Waals surface area contributed by atoms with Gasteiger partial charge in [0.1, 0.15) is 17.9 Å². The molecule has 1 saturated carbocycles. The lowest BCUT2D eigenvalue weighted by molar-refractivity contribution is -0.119. The lowest BCUT2D eigenvalue weighted by Crippen LogP contribution is -2.44. The summed E-state index contributed by atoms with van der Waals surface area (Å²) in [6.07, 6.45) is 12.7. The Labute approximate surface area is 235 Å². The summed E-state index contributed by atoms with van der Waals surface area (Å²) in [5.41, 5.74) is 1.77. The summed E-state index contributed by atoms with van der Waals surface area (Å²) in [6, 6.07) is 2.29. The zero-order valence-corrected chi connectivity index (χ0v) is 22.6. The van der Waals surface area contributed by atoms with Crippen molar-refractivity contribution in [2.75, 3.05) is 12.0 Å². The smallest absolute Gasteiger partial charge is 0.317 e. The molecule has 0 bridgehead atoms. The Kier molecular flexibility index (Phi) is 8.23. The standard InChI is InChI=1S/C27H28N10O4/c1-3-4-23(39)37(22-15-29-20(13-30-22)17-11-31-26(40-2)32-12-17)18-5-7-19(8-6-18)41-27-33-10-16(9-28)24(35-27)25-21(38)14-34-36-25/h10-15,18-19,38H,3-8H2,1-2H3,(H,34,36)/t18-,19-. The number of aromatic hydroxyl groups is 1. The third-order valence-electron chi connectivity index (χ3n) is 6.74. The number of anilines is 1. The first-order valence-electron chi connectivity index (χ1n) is 13.2. The average Bonchev–Trinajstić information content (AvgIpc) is 3.44. The Morgan fingerprint density at radius 3 is 2.41 bits per heavy atom. The van der Waals surface area contributed by atoms with E-state index in [0.717, 1.165) is 0 Å². The molecular formula is C27H28N10O4. The van der Waals surface area contributed by atoms with Crippen molar-refractivity contribution in [1.29, 1.82) is 5.26 Å². The van der Waals surface area contributed by atoms with Crippen LogP contribution in [0.3, 0.4) is 0 Å². The number of hydrogen-bond acceptors (Lipinski definition) is 12. The lowest BCUT2D eigenvalue weighted by Gasteiger charge is -2.36. The maximum atomic E-state index is 13.2. The van der Waals surface area contributed by atoms with Gasteiger partial charge in [0.15, 0.2) is 17.3 Å². The third-order valence-corrected chi connectivity index (χ3v) is 6.74. The van der Waals surface area contributed by atoms with E-state index in [2.05, 4.69) is 40.1 Å². The molecule has 4 aromatic heterocycles. The van der Waals surface area contributed by atoms with E-state index in [4.69, 9.17) is 9.47 Å².